The maximum Gasteiger partial charge on any atom is 0.321 e. The summed E-state index contributed by atoms with van der Waals surface area (Å²) in [5.41, 5.74) is 2.72. The molecule has 1 fully saturated rings. The molecule has 0 radical (unpaired) electrons. The molecule has 1 aliphatic rings. The zero-order valence-electron chi connectivity index (χ0n) is 15.9. The molecule has 0 spiro atoms. The number of pyridine rings is 1. The van der Waals surface area contributed by atoms with Crippen LogP contribution in [-0.4, -0.2) is 52.2 Å². The van der Waals surface area contributed by atoms with Crippen LogP contribution in [0.2, 0.25) is 0 Å². The molecule has 3 aromatic rings. The van der Waals surface area contributed by atoms with E-state index >= 15 is 0 Å². The van der Waals surface area contributed by atoms with Crippen LogP contribution < -0.4 is 10.2 Å². The fourth-order valence-corrected chi connectivity index (χ4v) is 3.17. The first-order valence-electron chi connectivity index (χ1n) is 9.23. The monoisotopic (exact) mass is 378 g/mol. The molecule has 8 nitrogen and oxygen atoms in total. The summed E-state index contributed by atoms with van der Waals surface area (Å²) < 4.78 is 5.01. The average molecular weight is 378 g/mol. The van der Waals surface area contributed by atoms with E-state index in [2.05, 4.69) is 25.3 Å². The predicted molar refractivity (Wildman–Crippen MR) is 106 cm³/mol. The Bertz CT molecular complexity index is 961. The van der Waals surface area contributed by atoms with Crippen LogP contribution in [0.1, 0.15) is 11.5 Å². The standard InChI is InChI=1S/C20H22N6O2/c1-14-5-3-4-6-17(14)23-20(27)26-11-9-25(10-12-26)18-8-7-16(13-21-18)19-22-15(2)28-24-19/h3-8,13H,9-12H2,1-2H3,(H,23,27). The third kappa shape index (κ3) is 3.80. The Hall–Kier alpha value is -3.42. The minimum atomic E-state index is -0.0651. The second-order valence-electron chi connectivity index (χ2n) is 6.76. The number of carbonyl (C=O) groups is 1. The summed E-state index contributed by atoms with van der Waals surface area (Å²) >= 11 is 0. The minimum absolute atomic E-state index is 0.0651. The van der Waals surface area contributed by atoms with Crippen molar-refractivity contribution in [3.8, 4) is 11.4 Å². The Morgan fingerprint density at radius 2 is 1.86 bits per heavy atom. The van der Waals surface area contributed by atoms with Gasteiger partial charge in [-0.1, -0.05) is 23.4 Å². The molecule has 0 bridgehead atoms. The van der Waals surface area contributed by atoms with Gasteiger partial charge in [0.2, 0.25) is 11.7 Å². The van der Waals surface area contributed by atoms with Crippen LogP contribution in [0.3, 0.4) is 0 Å². The van der Waals surface area contributed by atoms with Crippen molar-refractivity contribution in [2.45, 2.75) is 13.8 Å². The molecule has 4 rings (SSSR count). The number of aromatic nitrogens is 3. The molecule has 8 heteroatoms. The van der Waals surface area contributed by atoms with Crippen molar-refractivity contribution in [2.75, 3.05) is 36.4 Å². The molecule has 2 amide bonds. The number of urea groups is 1. The third-order valence-corrected chi connectivity index (χ3v) is 4.81. The molecule has 0 atom stereocenters. The van der Waals surface area contributed by atoms with Crippen LogP contribution in [0.25, 0.3) is 11.4 Å². The van der Waals surface area contributed by atoms with Gasteiger partial charge in [0.1, 0.15) is 5.82 Å². The molecule has 1 aromatic carbocycles. The topological polar surface area (TPSA) is 87.4 Å². The van der Waals surface area contributed by atoms with E-state index in [4.69, 9.17) is 4.52 Å². The summed E-state index contributed by atoms with van der Waals surface area (Å²) in [6.07, 6.45) is 1.75. The number of benzene rings is 1. The van der Waals surface area contributed by atoms with E-state index in [1.807, 2.05) is 48.2 Å². The lowest BCUT2D eigenvalue weighted by molar-refractivity contribution is 0.208. The molecule has 1 saturated heterocycles. The van der Waals surface area contributed by atoms with E-state index in [9.17, 15) is 4.79 Å². The summed E-state index contributed by atoms with van der Waals surface area (Å²) in [7, 11) is 0. The number of amides is 2. The molecule has 1 N–H and O–H groups in total. The van der Waals surface area contributed by atoms with Crippen molar-refractivity contribution in [3.63, 3.8) is 0 Å². The fraction of sp³-hybridized carbons (Fsp3) is 0.300. The van der Waals surface area contributed by atoms with E-state index in [0.29, 0.717) is 24.8 Å². The molecule has 144 valence electrons. The largest absolute Gasteiger partial charge is 0.353 e. The number of rotatable bonds is 3. The highest BCUT2D eigenvalue weighted by molar-refractivity contribution is 5.90. The van der Waals surface area contributed by atoms with Gasteiger partial charge in [-0.25, -0.2) is 9.78 Å². The second-order valence-corrected chi connectivity index (χ2v) is 6.76. The van der Waals surface area contributed by atoms with E-state index in [0.717, 1.165) is 35.7 Å². The van der Waals surface area contributed by atoms with E-state index in [1.54, 1.807) is 13.1 Å². The third-order valence-electron chi connectivity index (χ3n) is 4.81. The van der Waals surface area contributed by atoms with Gasteiger partial charge in [-0.2, -0.15) is 4.98 Å². The van der Waals surface area contributed by atoms with Gasteiger partial charge in [0.05, 0.1) is 0 Å². The van der Waals surface area contributed by atoms with Crippen molar-refractivity contribution >= 4 is 17.5 Å². The average Bonchev–Trinajstić information content (AvgIpc) is 3.16. The highest BCUT2D eigenvalue weighted by Gasteiger charge is 2.22. The lowest BCUT2D eigenvalue weighted by Gasteiger charge is -2.35. The molecule has 0 unspecified atom stereocenters. The maximum absolute atomic E-state index is 12.5. The van der Waals surface area contributed by atoms with Crippen molar-refractivity contribution in [1.82, 2.24) is 20.0 Å². The van der Waals surface area contributed by atoms with Crippen molar-refractivity contribution in [1.29, 1.82) is 0 Å². The molecular formula is C20H22N6O2. The van der Waals surface area contributed by atoms with E-state index < -0.39 is 0 Å². The zero-order chi connectivity index (χ0) is 19.5. The molecule has 2 aromatic heterocycles. The van der Waals surface area contributed by atoms with Crippen LogP contribution in [0.4, 0.5) is 16.3 Å². The van der Waals surface area contributed by atoms with Gasteiger partial charge in [-0.3, -0.25) is 0 Å². The van der Waals surface area contributed by atoms with E-state index in [-0.39, 0.29) is 6.03 Å². The molecule has 3 heterocycles. The Balaban J connectivity index is 1.35. The molecule has 0 saturated carbocycles. The van der Waals surface area contributed by atoms with Crippen molar-refractivity contribution in [2.24, 2.45) is 0 Å². The van der Waals surface area contributed by atoms with Gasteiger partial charge in [-0.15, -0.1) is 0 Å². The molecule has 1 aliphatic heterocycles. The lowest BCUT2D eigenvalue weighted by Crippen LogP contribution is -2.50. The molecule has 0 aliphatic carbocycles. The van der Waals surface area contributed by atoms with Gasteiger partial charge in [-0.05, 0) is 30.7 Å². The summed E-state index contributed by atoms with van der Waals surface area (Å²) in [5, 5.41) is 6.90. The number of hydrogen-bond acceptors (Lipinski definition) is 6. The van der Waals surface area contributed by atoms with Gasteiger partial charge in [0.25, 0.3) is 0 Å². The highest BCUT2D eigenvalue weighted by Crippen LogP contribution is 2.20. The maximum atomic E-state index is 12.5. The number of nitrogens with one attached hydrogen (secondary N) is 1. The Labute approximate surface area is 163 Å². The summed E-state index contributed by atoms with van der Waals surface area (Å²) in [5.74, 6) is 1.94. The van der Waals surface area contributed by atoms with Crippen LogP contribution in [0, 0.1) is 13.8 Å². The Morgan fingerprint density at radius 1 is 1.07 bits per heavy atom. The van der Waals surface area contributed by atoms with E-state index in [1.165, 1.54) is 0 Å². The van der Waals surface area contributed by atoms with Crippen LogP contribution in [-0.2, 0) is 0 Å². The van der Waals surface area contributed by atoms with Crippen LogP contribution in [0.5, 0.6) is 0 Å². The number of piperazine rings is 1. The predicted octanol–water partition coefficient (Wildman–Crippen LogP) is 3.10. The number of para-hydroxylation sites is 1. The second kappa shape index (κ2) is 7.67. The van der Waals surface area contributed by atoms with Gasteiger partial charge in [0.15, 0.2) is 0 Å². The van der Waals surface area contributed by atoms with Gasteiger partial charge < -0.3 is 19.6 Å². The first kappa shape index (κ1) is 18.0. The first-order chi connectivity index (χ1) is 13.6. The summed E-state index contributed by atoms with van der Waals surface area (Å²) in [6.45, 7) is 6.49. The van der Waals surface area contributed by atoms with Crippen molar-refractivity contribution in [3.05, 3.63) is 54.0 Å². The minimum Gasteiger partial charge on any atom is -0.353 e. The SMILES string of the molecule is Cc1nc(-c2ccc(N3CCN(C(=O)Nc4ccccc4C)CC3)nc2)no1. The molecule has 28 heavy (non-hydrogen) atoms. The fourth-order valence-electron chi connectivity index (χ4n) is 3.17. The summed E-state index contributed by atoms with van der Waals surface area (Å²) in [6, 6.07) is 11.6. The highest BCUT2D eigenvalue weighted by atomic mass is 16.5. The molecular weight excluding hydrogens is 356 g/mol. The number of aryl methyl sites for hydroxylation is 2. The normalized spacial score (nSPS) is 14.2. The number of carbonyl (C=O) groups excluding carboxylic acids is 1. The van der Waals surface area contributed by atoms with Crippen molar-refractivity contribution < 1.29 is 9.32 Å². The summed E-state index contributed by atoms with van der Waals surface area (Å²) in [4.78, 5) is 25.3. The zero-order valence-corrected chi connectivity index (χ0v) is 15.9. The number of anilines is 2. The van der Waals surface area contributed by atoms with Gasteiger partial charge >= 0.3 is 6.03 Å². The first-order valence-corrected chi connectivity index (χ1v) is 9.23. The quantitative estimate of drug-likeness (QED) is 0.754. The Kier molecular flexibility index (Phi) is 4.92. The van der Waals surface area contributed by atoms with Crippen LogP contribution in [0.15, 0.2) is 47.1 Å². The lowest BCUT2D eigenvalue weighted by atomic mass is 10.2. The van der Waals surface area contributed by atoms with Gasteiger partial charge in [0, 0.05) is 50.6 Å². The van der Waals surface area contributed by atoms with Crippen LogP contribution >= 0.6 is 0 Å². The Morgan fingerprint density at radius 3 is 2.50 bits per heavy atom. The smallest absolute Gasteiger partial charge is 0.321 e. The number of hydrogen-bond donors (Lipinski definition) is 1. The number of nitrogens with zero attached hydrogens (tertiary/aromatic N) is 5.